The van der Waals surface area contributed by atoms with Crippen LogP contribution in [0.15, 0.2) is 47.1 Å². The van der Waals surface area contributed by atoms with Gasteiger partial charge in [0, 0.05) is 5.02 Å². The van der Waals surface area contributed by atoms with E-state index >= 15 is 0 Å². The standard InChI is InChI=1S/C15H16ClNO3/c1-10(11-4-2-5-12(16)8-11)15(19)17-9-13(18)14-6-3-7-20-14/h2-8,10,13,18H,9H2,1H3,(H,17,19)/t10-,13+/m1/s1. The third kappa shape index (κ3) is 3.62. The minimum absolute atomic E-state index is 0.108. The number of nitrogens with one attached hydrogen (secondary N) is 1. The molecule has 0 saturated heterocycles. The first-order chi connectivity index (χ1) is 9.58. The summed E-state index contributed by atoms with van der Waals surface area (Å²) in [5, 5.41) is 13.1. The number of hydrogen-bond donors (Lipinski definition) is 2. The van der Waals surface area contributed by atoms with Crippen LogP contribution < -0.4 is 5.32 Å². The predicted octanol–water partition coefficient (Wildman–Crippen LogP) is 2.89. The number of carbonyl (C=O) groups excluding carboxylic acids is 1. The Morgan fingerprint density at radius 1 is 1.40 bits per heavy atom. The Labute approximate surface area is 122 Å². The van der Waals surface area contributed by atoms with Crippen LogP contribution in [0.1, 0.15) is 30.3 Å². The maximum Gasteiger partial charge on any atom is 0.227 e. The van der Waals surface area contributed by atoms with Gasteiger partial charge in [0.2, 0.25) is 5.91 Å². The first-order valence-electron chi connectivity index (χ1n) is 6.32. The molecule has 2 aromatic rings. The van der Waals surface area contributed by atoms with E-state index in [0.717, 1.165) is 5.56 Å². The van der Waals surface area contributed by atoms with Crippen molar-refractivity contribution in [2.45, 2.75) is 18.9 Å². The fourth-order valence-electron chi connectivity index (χ4n) is 1.86. The van der Waals surface area contributed by atoms with Crippen molar-refractivity contribution in [2.75, 3.05) is 6.54 Å². The Morgan fingerprint density at radius 3 is 2.85 bits per heavy atom. The van der Waals surface area contributed by atoms with Crippen LogP contribution in [-0.4, -0.2) is 17.6 Å². The molecule has 0 fully saturated rings. The van der Waals surface area contributed by atoms with Crippen molar-refractivity contribution < 1.29 is 14.3 Å². The van der Waals surface area contributed by atoms with E-state index in [0.29, 0.717) is 10.8 Å². The van der Waals surface area contributed by atoms with Gasteiger partial charge in [-0.3, -0.25) is 4.79 Å². The fraction of sp³-hybridized carbons (Fsp3) is 0.267. The summed E-state index contributed by atoms with van der Waals surface area (Å²) in [6.45, 7) is 1.90. The number of furan rings is 1. The average Bonchev–Trinajstić information content (AvgIpc) is 2.97. The molecule has 0 aliphatic heterocycles. The molecule has 2 rings (SSSR count). The van der Waals surface area contributed by atoms with E-state index in [-0.39, 0.29) is 18.4 Å². The summed E-state index contributed by atoms with van der Waals surface area (Å²) < 4.78 is 5.07. The maximum atomic E-state index is 12.0. The topological polar surface area (TPSA) is 62.5 Å². The molecular weight excluding hydrogens is 278 g/mol. The van der Waals surface area contributed by atoms with E-state index in [2.05, 4.69) is 5.32 Å². The van der Waals surface area contributed by atoms with Gasteiger partial charge in [-0.2, -0.15) is 0 Å². The minimum atomic E-state index is -0.847. The highest BCUT2D eigenvalue weighted by atomic mass is 35.5. The third-order valence-corrected chi connectivity index (χ3v) is 3.32. The molecule has 1 aromatic heterocycles. The molecule has 0 radical (unpaired) electrons. The molecule has 2 N–H and O–H groups in total. The summed E-state index contributed by atoms with van der Waals surface area (Å²) in [5.41, 5.74) is 0.836. The number of halogens is 1. The van der Waals surface area contributed by atoms with Crippen LogP contribution >= 0.6 is 11.6 Å². The average molecular weight is 294 g/mol. The van der Waals surface area contributed by atoms with Crippen LogP contribution in [-0.2, 0) is 4.79 Å². The largest absolute Gasteiger partial charge is 0.467 e. The van der Waals surface area contributed by atoms with E-state index in [4.69, 9.17) is 16.0 Å². The highest BCUT2D eigenvalue weighted by molar-refractivity contribution is 6.30. The molecule has 0 bridgehead atoms. The second kappa shape index (κ2) is 6.59. The van der Waals surface area contributed by atoms with Gasteiger partial charge in [0.1, 0.15) is 11.9 Å². The van der Waals surface area contributed by atoms with Crippen molar-refractivity contribution in [3.05, 3.63) is 59.0 Å². The van der Waals surface area contributed by atoms with Gasteiger partial charge in [0.25, 0.3) is 0 Å². The molecule has 20 heavy (non-hydrogen) atoms. The summed E-state index contributed by atoms with van der Waals surface area (Å²) in [7, 11) is 0. The molecule has 0 aliphatic rings. The molecule has 0 saturated carbocycles. The lowest BCUT2D eigenvalue weighted by Crippen LogP contribution is -2.31. The number of aliphatic hydroxyl groups is 1. The maximum absolute atomic E-state index is 12.0. The van der Waals surface area contributed by atoms with Crippen molar-refractivity contribution in [1.29, 1.82) is 0 Å². The highest BCUT2D eigenvalue weighted by Gasteiger charge is 2.17. The Bertz CT molecular complexity index is 568. The zero-order valence-corrected chi connectivity index (χ0v) is 11.8. The molecule has 0 aliphatic carbocycles. The molecular formula is C15H16ClNO3. The lowest BCUT2D eigenvalue weighted by molar-refractivity contribution is -0.122. The monoisotopic (exact) mass is 293 g/mol. The van der Waals surface area contributed by atoms with E-state index in [1.165, 1.54) is 6.26 Å². The first kappa shape index (κ1) is 14.6. The van der Waals surface area contributed by atoms with Crippen LogP contribution in [0.2, 0.25) is 5.02 Å². The summed E-state index contributed by atoms with van der Waals surface area (Å²) in [5.74, 6) is -0.0731. The number of hydrogen-bond acceptors (Lipinski definition) is 3. The molecule has 0 unspecified atom stereocenters. The van der Waals surface area contributed by atoms with Crippen LogP contribution in [0.3, 0.4) is 0 Å². The van der Waals surface area contributed by atoms with Gasteiger partial charge < -0.3 is 14.8 Å². The Morgan fingerprint density at radius 2 is 2.20 bits per heavy atom. The fourth-order valence-corrected chi connectivity index (χ4v) is 2.06. The summed E-state index contributed by atoms with van der Waals surface area (Å²) >= 11 is 5.90. The van der Waals surface area contributed by atoms with Crippen LogP contribution in [0.4, 0.5) is 0 Å². The molecule has 1 heterocycles. The first-order valence-corrected chi connectivity index (χ1v) is 6.70. The second-order valence-corrected chi connectivity index (χ2v) is 4.99. The third-order valence-electron chi connectivity index (χ3n) is 3.08. The van der Waals surface area contributed by atoms with Gasteiger partial charge in [0.15, 0.2) is 0 Å². The Kier molecular flexibility index (Phi) is 4.82. The second-order valence-electron chi connectivity index (χ2n) is 4.55. The van der Waals surface area contributed by atoms with E-state index in [1.807, 2.05) is 6.07 Å². The van der Waals surface area contributed by atoms with E-state index in [9.17, 15) is 9.90 Å². The van der Waals surface area contributed by atoms with E-state index < -0.39 is 6.10 Å². The number of benzene rings is 1. The number of carbonyl (C=O) groups is 1. The minimum Gasteiger partial charge on any atom is -0.467 e. The smallest absolute Gasteiger partial charge is 0.227 e. The van der Waals surface area contributed by atoms with Crippen molar-refractivity contribution in [3.63, 3.8) is 0 Å². The Hall–Kier alpha value is -1.78. The molecule has 4 nitrogen and oxygen atoms in total. The predicted molar refractivity (Wildman–Crippen MR) is 76.5 cm³/mol. The highest BCUT2D eigenvalue weighted by Crippen LogP contribution is 2.20. The van der Waals surface area contributed by atoms with Gasteiger partial charge >= 0.3 is 0 Å². The lowest BCUT2D eigenvalue weighted by Gasteiger charge is -2.14. The normalized spacial score (nSPS) is 13.8. The molecule has 2 atom stereocenters. The molecule has 106 valence electrons. The van der Waals surface area contributed by atoms with Gasteiger partial charge in [-0.1, -0.05) is 23.7 Å². The van der Waals surface area contributed by atoms with Crippen LogP contribution in [0.25, 0.3) is 0 Å². The zero-order valence-electron chi connectivity index (χ0n) is 11.0. The molecule has 5 heteroatoms. The quantitative estimate of drug-likeness (QED) is 0.891. The van der Waals surface area contributed by atoms with Crippen molar-refractivity contribution in [1.82, 2.24) is 5.32 Å². The SMILES string of the molecule is C[C@@H](C(=O)NC[C@H](O)c1ccco1)c1cccc(Cl)c1. The number of aliphatic hydroxyl groups excluding tert-OH is 1. The van der Waals surface area contributed by atoms with Crippen molar-refractivity contribution in [2.24, 2.45) is 0 Å². The van der Waals surface area contributed by atoms with Crippen LogP contribution in [0, 0.1) is 0 Å². The number of rotatable bonds is 5. The summed E-state index contributed by atoms with van der Waals surface area (Å²) in [6.07, 6.45) is 0.634. The van der Waals surface area contributed by atoms with Gasteiger partial charge in [-0.15, -0.1) is 0 Å². The lowest BCUT2D eigenvalue weighted by atomic mass is 10.0. The van der Waals surface area contributed by atoms with Crippen LogP contribution in [0.5, 0.6) is 0 Å². The van der Waals surface area contributed by atoms with Gasteiger partial charge in [-0.25, -0.2) is 0 Å². The summed E-state index contributed by atoms with van der Waals surface area (Å²) in [4.78, 5) is 12.0. The zero-order chi connectivity index (χ0) is 14.5. The molecule has 0 spiro atoms. The molecule has 1 amide bonds. The molecule has 1 aromatic carbocycles. The Balaban J connectivity index is 1.91. The number of amides is 1. The van der Waals surface area contributed by atoms with Crippen molar-refractivity contribution >= 4 is 17.5 Å². The van der Waals surface area contributed by atoms with Gasteiger partial charge in [0.05, 0.1) is 18.7 Å². The van der Waals surface area contributed by atoms with E-state index in [1.54, 1.807) is 37.3 Å². The summed E-state index contributed by atoms with van der Waals surface area (Å²) in [6, 6.07) is 10.5. The van der Waals surface area contributed by atoms with Crippen molar-refractivity contribution in [3.8, 4) is 0 Å². The van der Waals surface area contributed by atoms with Gasteiger partial charge in [-0.05, 0) is 36.8 Å².